The molecule has 20 heavy (non-hydrogen) atoms. The Labute approximate surface area is 117 Å². The molecule has 1 aromatic rings. The maximum Gasteiger partial charge on any atom is 0.269 e. The summed E-state index contributed by atoms with van der Waals surface area (Å²) in [5.41, 5.74) is 4.24. The van der Waals surface area contributed by atoms with Gasteiger partial charge in [-0.2, -0.15) is 0 Å². The summed E-state index contributed by atoms with van der Waals surface area (Å²) in [7, 11) is 0. The molecule has 0 bridgehead atoms. The highest BCUT2D eigenvalue weighted by Crippen LogP contribution is 2.24. The molecule has 0 radical (unpaired) electrons. The first-order valence-electron chi connectivity index (χ1n) is 6.71. The highest BCUT2D eigenvalue weighted by molar-refractivity contribution is 5.55. The van der Waals surface area contributed by atoms with E-state index in [9.17, 15) is 10.1 Å². The maximum absolute atomic E-state index is 10.9. The first-order valence-corrected chi connectivity index (χ1v) is 6.71. The predicted octanol–water partition coefficient (Wildman–Crippen LogP) is 1.49. The van der Waals surface area contributed by atoms with Crippen molar-refractivity contribution in [1.82, 2.24) is 4.90 Å². The summed E-state index contributed by atoms with van der Waals surface area (Å²) in [5, 5.41) is 10.9. The van der Waals surface area contributed by atoms with Gasteiger partial charge in [-0.05, 0) is 18.1 Å². The van der Waals surface area contributed by atoms with Crippen LogP contribution in [0.1, 0.15) is 18.9 Å². The SMILES string of the molecule is CCC1COCCN1Cc1cc([N+](=O)[O-])ccc1NN. The fraction of sp³-hybridized carbons (Fsp3) is 0.538. The van der Waals surface area contributed by atoms with Gasteiger partial charge in [0, 0.05) is 31.3 Å². The van der Waals surface area contributed by atoms with Crippen molar-refractivity contribution in [3.05, 3.63) is 33.9 Å². The lowest BCUT2D eigenvalue weighted by Crippen LogP contribution is -2.44. The lowest BCUT2D eigenvalue weighted by molar-refractivity contribution is -0.384. The minimum atomic E-state index is -0.388. The molecular formula is C13H20N4O3. The minimum Gasteiger partial charge on any atom is -0.378 e. The van der Waals surface area contributed by atoms with Gasteiger partial charge in [0.15, 0.2) is 0 Å². The Hall–Kier alpha value is -1.70. The van der Waals surface area contributed by atoms with Gasteiger partial charge in [0.1, 0.15) is 0 Å². The third-order valence-corrected chi connectivity index (χ3v) is 3.65. The number of hydrogen-bond donors (Lipinski definition) is 2. The van der Waals surface area contributed by atoms with E-state index in [1.54, 1.807) is 12.1 Å². The number of hydrazine groups is 1. The summed E-state index contributed by atoms with van der Waals surface area (Å²) >= 11 is 0. The number of hydrogen-bond acceptors (Lipinski definition) is 6. The van der Waals surface area contributed by atoms with Crippen LogP contribution in [0.2, 0.25) is 0 Å². The number of nitro benzene ring substituents is 1. The molecule has 1 heterocycles. The second-order valence-electron chi connectivity index (χ2n) is 4.85. The summed E-state index contributed by atoms with van der Waals surface area (Å²) in [6.45, 7) is 4.96. The molecule has 7 nitrogen and oxygen atoms in total. The Kier molecular flexibility index (Phi) is 4.89. The van der Waals surface area contributed by atoms with Crippen molar-refractivity contribution < 1.29 is 9.66 Å². The van der Waals surface area contributed by atoms with E-state index in [0.29, 0.717) is 25.8 Å². The minimum absolute atomic E-state index is 0.0836. The standard InChI is InChI=1S/C13H20N4O3/c1-2-11-9-20-6-5-16(11)8-10-7-12(17(18)19)3-4-13(10)15-14/h3-4,7,11,15H,2,5-6,8-9,14H2,1H3. The highest BCUT2D eigenvalue weighted by Gasteiger charge is 2.23. The van der Waals surface area contributed by atoms with Gasteiger partial charge in [-0.3, -0.25) is 20.9 Å². The van der Waals surface area contributed by atoms with Gasteiger partial charge >= 0.3 is 0 Å². The number of nitrogen functional groups attached to an aromatic ring is 1. The van der Waals surface area contributed by atoms with Gasteiger partial charge in [-0.15, -0.1) is 0 Å². The first kappa shape index (κ1) is 14.7. The Morgan fingerprint density at radius 3 is 3.05 bits per heavy atom. The van der Waals surface area contributed by atoms with Gasteiger partial charge in [-0.25, -0.2) is 0 Å². The van der Waals surface area contributed by atoms with Crippen LogP contribution in [-0.2, 0) is 11.3 Å². The third-order valence-electron chi connectivity index (χ3n) is 3.65. The lowest BCUT2D eigenvalue weighted by atomic mass is 10.1. The molecule has 1 aromatic carbocycles. The van der Waals surface area contributed by atoms with Gasteiger partial charge in [0.2, 0.25) is 0 Å². The molecule has 0 aliphatic carbocycles. The van der Waals surface area contributed by atoms with Crippen LogP contribution in [0.3, 0.4) is 0 Å². The molecule has 0 saturated carbocycles. The Morgan fingerprint density at radius 1 is 1.60 bits per heavy atom. The molecule has 1 fully saturated rings. The molecular weight excluding hydrogens is 260 g/mol. The Morgan fingerprint density at radius 2 is 2.40 bits per heavy atom. The molecule has 7 heteroatoms. The van der Waals surface area contributed by atoms with E-state index in [0.717, 1.165) is 24.2 Å². The average Bonchev–Trinajstić information content (AvgIpc) is 2.47. The monoisotopic (exact) mass is 280 g/mol. The van der Waals surface area contributed by atoms with Gasteiger partial charge < -0.3 is 10.2 Å². The molecule has 0 aromatic heterocycles. The molecule has 2 rings (SSSR count). The van der Waals surface area contributed by atoms with Gasteiger partial charge in [0.25, 0.3) is 5.69 Å². The van der Waals surface area contributed by atoms with Crippen LogP contribution in [0.5, 0.6) is 0 Å². The van der Waals surface area contributed by atoms with Crippen molar-refractivity contribution >= 4 is 11.4 Å². The van der Waals surface area contributed by atoms with Crippen molar-refractivity contribution in [3.63, 3.8) is 0 Å². The number of benzene rings is 1. The van der Waals surface area contributed by atoms with E-state index in [1.807, 2.05) is 0 Å². The van der Waals surface area contributed by atoms with Crippen molar-refractivity contribution in [2.24, 2.45) is 5.84 Å². The molecule has 1 unspecified atom stereocenters. The normalized spacial score (nSPS) is 19.8. The predicted molar refractivity (Wildman–Crippen MR) is 76.2 cm³/mol. The number of nitro groups is 1. The van der Waals surface area contributed by atoms with Crippen LogP contribution in [-0.4, -0.2) is 35.6 Å². The summed E-state index contributed by atoms with van der Waals surface area (Å²) in [6, 6.07) is 5.02. The zero-order valence-electron chi connectivity index (χ0n) is 11.5. The van der Waals surface area contributed by atoms with Gasteiger partial charge in [-0.1, -0.05) is 6.92 Å². The number of nitrogens with zero attached hydrogens (tertiary/aromatic N) is 2. The fourth-order valence-electron chi connectivity index (χ4n) is 2.46. The zero-order valence-corrected chi connectivity index (χ0v) is 11.5. The molecule has 3 N–H and O–H groups in total. The van der Waals surface area contributed by atoms with E-state index < -0.39 is 0 Å². The van der Waals surface area contributed by atoms with Crippen LogP contribution in [0.4, 0.5) is 11.4 Å². The van der Waals surface area contributed by atoms with Crippen molar-refractivity contribution in [3.8, 4) is 0 Å². The number of anilines is 1. The zero-order chi connectivity index (χ0) is 14.5. The number of non-ortho nitro benzene ring substituents is 1. The van der Waals surface area contributed by atoms with E-state index in [2.05, 4.69) is 17.2 Å². The molecule has 1 aliphatic rings. The second kappa shape index (κ2) is 6.65. The average molecular weight is 280 g/mol. The number of nitrogens with one attached hydrogen (secondary N) is 1. The fourth-order valence-corrected chi connectivity index (χ4v) is 2.46. The summed E-state index contributed by atoms with van der Waals surface area (Å²) in [4.78, 5) is 12.8. The lowest BCUT2D eigenvalue weighted by Gasteiger charge is -2.35. The summed E-state index contributed by atoms with van der Waals surface area (Å²) < 4.78 is 5.47. The topological polar surface area (TPSA) is 93.7 Å². The van der Waals surface area contributed by atoms with E-state index in [4.69, 9.17) is 10.6 Å². The van der Waals surface area contributed by atoms with E-state index in [-0.39, 0.29) is 10.6 Å². The number of nitrogens with two attached hydrogens (primary N) is 1. The number of ether oxygens (including phenoxy) is 1. The molecule has 1 aliphatic heterocycles. The van der Waals surface area contributed by atoms with Crippen LogP contribution < -0.4 is 11.3 Å². The Balaban J connectivity index is 2.21. The number of rotatable bonds is 5. The van der Waals surface area contributed by atoms with Gasteiger partial charge in [0.05, 0.1) is 23.8 Å². The maximum atomic E-state index is 10.9. The van der Waals surface area contributed by atoms with Crippen LogP contribution in [0.25, 0.3) is 0 Å². The Bertz CT molecular complexity index is 481. The second-order valence-corrected chi connectivity index (χ2v) is 4.85. The smallest absolute Gasteiger partial charge is 0.269 e. The molecule has 110 valence electrons. The largest absolute Gasteiger partial charge is 0.378 e. The van der Waals surface area contributed by atoms with Crippen molar-refractivity contribution in [1.29, 1.82) is 0 Å². The molecule has 0 amide bonds. The van der Waals surface area contributed by atoms with Crippen LogP contribution in [0.15, 0.2) is 18.2 Å². The third kappa shape index (κ3) is 3.24. The van der Waals surface area contributed by atoms with Crippen LogP contribution >= 0.6 is 0 Å². The van der Waals surface area contributed by atoms with E-state index >= 15 is 0 Å². The molecule has 1 saturated heterocycles. The first-order chi connectivity index (χ1) is 9.65. The van der Waals surface area contributed by atoms with Crippen LogP contribution in [0, 0.1) is 10.1 Å². The van der Waals surface area contributed by atoms with Crippen molar-refractivity contribution in [2.45, 2.75) is 25.9 Å². The number of morpholine rings is 1. The quantitative estimate of drug-likeness (QED) is 0.482. The highest BCUT2D eigenvalue weighted by atomic mass is 16.6. The summed E-state index contributed by atoms with van der Waals surface area (Å²) in [6.07, 6.45) is 0.986. The molecule has 0 spiro atoms. The van der Waals surface area contributed by atoms with Crippen molar-refractivity contribution in [2.75, 3.05) is 25.2 Å². The summed E-state index contributed by atoms with van der Waals surface area (Å²) in [5.74, 6) is 5.49. The van der Waals surface area contributed by atoms with E-state index in [1.165, 1.54) is 6.07 Å². The molecule has 1 atom stereocenters.